The second kappa shape index (κ2) is 6.02. The van der Waals surface area contributed by atoms with Crippen LogP contribution in [0, 0.1) is 5.92 Å². The molecule has 2 heterocycles. The molecule has 0 aromatic carbocycles. The number of carbonyl (C=O) groups is 1. The molecule has 2 rings (SSSR count). The first-order chi connectivity index (χ1) is 8.56. The van der Waals surface area contributed by atoms with Gasteiger partial charge in [0.15, 0.2) is 0 Å². The molecule has 2 saturated heterocycles. The first-order valence-electron chi connectivity index (χ1n) is 7.36. The maximum absolute atomic E-state index is 12.0. The molecule has 0 aromatic heterocycles. The molecule has 0 aliphatic carbocycles. The maximum Gasteiger partial charge on any atom is 0.237 e. The summed E-state index contributed by atoms with van der Waals surface area (Å²) in [5, 5.41) is 3.15. The van der Waals surface area contributed by atoms with Gasteiger partial charge in [0, 0.05) is 18.6 Å². The highest BCUT2D eigenvalue weighted by Gasteiger charge is 2.32. The Kier molecular flexibility index (Phi) is 4.62. The van der Waals surface area contributed by atoms with Gasteiger partial charge in [-0.15, -0.1) is 0 Å². The van der Waals surface area contributed by atoms with Crippen molar-refractivity contribution >= 4 is 5.91 Å². The van der Waals surface area contributed by atoms with Crippen molar-refractivity contribution in [3.8, 4) is 0 Å². The van der Waals surface area contributed by atoms with Gasteiger partial charge in [0.1, 0.15) is 0 Å². The number of piperidine rings is 1. The molecule has 0 spiro atoms. The molecule has 0 saturated carbocycles. The van der Waals surface area contributed by atoms with Crippen LogP contribution in [-0.4, -0.2) is 42.0 Å². The van der Waals surface area contributed by atoms with E-state index in [0.717, 1.165) is 25.8 Å². The van der Waals surface area contributed by atoms with Crippen LogP contribution in [0.4, 0.5) is 0 Å². The third kappa shape index (κ3) is 3.45. The van der Waals surface area contributed by atoms with E-state index in [1.54, 1.807) is 0 Å². The summed E-state index contributed by atoms with van der Waals surface area (Å²) in [4.78, 5) is 14.6. The SMILES string of the molecule is CC(C)CC(N)C(=O)NC1CCN2CCCC2C1. The third-order valence-electron chi connectivity index (χ3n) is 4.23. The fourth-order valence-electron chi connectivity index (χ4n) is 3.28. The summed E-state index contributed by atoms with van der Waals surface area (Å²) in [6, 6.07) is 0.701. The number of amides is 1. The number of hydrogen-bond acceptors (Lipinski definition) is 3. The fraction of sp³-hybridized carbons (Fsp3) is 0.929. The summed E-state index contributed by atoms with van der Waals surface area (Å²) in [7, 11) is 0. The summed E-state index contributed by atoms with van der Waals surface area (Å²) in [5.74, 6) is 0.516. The van der Waals surface area contributed by atoms with Gasteiger partial charge in [-0.3, -0.25) is 4.79 Å². The lowest BCUT2D eigenvalue weighted by Crippen LogP contribution is -2.51. The van der Waals surface area contributed by atoms with E-state index in [0.29, 0.717) is 18.0 Å². The topological polar surface area (TPSA) is 58.4 Å². The summed E-state index contributed by atoms with van der Waals surface area (Å²) in [6.07, 6.45) is 5.58. The van der Waals surface area contributed by atoms with E-state index in [1.807, 2.05) is 0 Å². The minimum absolute atomic E-state index is 0.0418. The van der Waals surface area contributed by atoms with Gasteiger partial charge >= 0.3 is 0 Å². The number of nitrogens with zero attached hydrogens (tertiary/aromatic N) is 1. The molecule has 3 N–H and O–H groups in total. The summed E-state index contributed by atoms with van der Waals surface area (Å²) in [5.41, 5.74) is 5.92. The van der Waals surface area contributed by atoms with Gasteiger partial charge in [0.25, 0.3) is 0 Å². The lowest BCUT2D eigenvalue weighted by atomic mass is 9.96. The Labute approximate surface area is 110 Å². The molecule has 0 radical (unpaired) electrons. The van der Waals surface area contributed by atoms with Crippen LogP contribution in [0.25, 0.3) is 0 Å². The lowest BCUT2D eigenvalue weighted by Gasteiger charge is -2.35. The Morgan fingerprint density at radius 1 is 1.39 bits per heavy atom. The average molecular weight is 253 g/mol. The van der Waals surface area contributed by atoms with Crippen LogP contribution in [0.1, 0.15) is 46.0 Å². The van der Waals surface area contributed by atoms with E-state index in [-0.39, 0.29) is 11.9 Å². The smallest absolute Gasteiger partial charge is 0.237 e. The van der Waals surface area contributed by atoms with Crippen molar-refractivity contribution in [3.05, 3.63) is 0 Å². The molecule has 3 atom stereocenters. The number of fused-ring (bicyclic) bond motifs is 1. The highest BCUT2D eigenvalue weighted by molar-refractivity contribution is 5.81. The van der Waals surface area contributed by atoms with Gasteiger partial charge in [0.2, 0.25) is 5.91 Å². The second-order valence-electron chi connectivity index (χ2n) is 6.30. The molecule has 2 aliphatic heterocycles. The minimum Gasteiger partial charge on any atom is -0.352 e. The summed E-state index contributed by atoms with van der Waals surface area (Å²) >= 11 is 0. The van der Waals surface area contributed by atoms with Crippen molar-refractivity contribution in [3.63, 3.8) is 0 Å². The molecule has 2 fully saturated rings. The van der Waals surface area contributed by atoms with Crippen molar-refractivity contribution in [2.75, 3.05) is 13.1 Å². The minimum atomic E-state index is -0.341. The Morgan fingerprint density at radius 3 is 2.89 bits per heavy atom. The molecule has 3 unspecified atom stereocenters. The average Bonchev–Trinajstić information content (AvgIpc) is 2.75. The second-order valence-corrected chi connectivity index (χ2v) is 6.30. The zero-order chi connectivity index (χ0) is 13.1. The van der Waals surface area contributed by atoms with E-state index in [1.165, 1.54) is 19.4 Å². The van der Waals surface area contributed by atoms with Gasteiger partial charge in [-0.05, 0) is 44.6 Å². The van der Waals surface area contributed by atoms with Gasteiger partial charge < -0.3 is 16.0 Å². The van der Waals surface area contributed by atoms with Crippen molar-refractivity contribution < 1.29 is 4.79 Å². The monoisotopic (exact) mass is 253 g/mol. The van der Waals surface area contributed by atoms with Crippen LogP contribution in [0.2, 0.25) is 0 Å². The highest BCUT2D eigenvalue weighted by Crippen LogP contribution is 2.26. The quantitative estimate of drug-likeness (QED) is 0.789. The van der Waals surface area contributed by atoms with Crippen molar-refractivity contribution in [1.29, 1.82) is 0 Å². The van der Waals surface area contributed by atoms with E-state index < -0.39 is 0 Å². The first kappa shape index (κ1) is 13.8. The maximum atomic E-state index is 12.0. The van der Waals surface area contributed by atoms with Crippen LogP contribution in [-0.2, 0) is 4.79 Å². The lowest BCUT2D eigenvalue weighted by molar-refractivity contribution is -0.123. The fourth-order valence-corrected chi connectivity index (χ4v) is 3.28. The highest BCUT2D eigenvalue weighted by atomic mass is 16.2. The first-order valence-corrected chi connectivity index (χ1v) is 7.36. The Morgan fingerprint density at radius 2 is 2.17 bits per heavy atom. The van der Waals surface area contributed by atoms with Crippen LogP contribution >= 0.6 is 0 Å². The van der Waals surface area contributed by atoms with E-state index in [4.69, 9.17) is 5.73 Å². The van der Waals surface area contributed by atoms with Gasteiger partial charge in [-0.1, -0.05) is 13.8 Å². The van der Waals surface area contributed by atoms with Crippen LogP contribution < -0.4 is 11.1 Å². The predicted octanol–water partition coefficient (Wildman–Crippen LogP) is 1.10. The summed E-state index contributed by atoms with van der Waals surface area (Å²) < 4.78 is 0. The largest absolute Gasteiger partial charge is 0.352 e. The van der Waals surface area contributed by atoms with Crippen molar-refractivity contribution in [2.24, 2.45) is 11.7 Å². The molecule has 104 valence electrons. The zero-order valence-corrected chi connectivity index (χ0v) is 11.7. The Bertz CT molecular complexity index is 293. The third-order valence-corrected chi connectivity index (χ3v) is 4.23. The van der Waals surface area contributed by atoms with Crippen LogP contribution in [0.3, 0.4) is 0 Å². The van der Waals surface area contributed by atoms with E-state index in [9.17, 15) is 4.79 Å². The number of rotatable bonds is 4. The molecule has 0 bridgehead atoms. The number of nitrogens with two attached hydrogens (primary N) is 1. The van der Waals surface area contributed by atoms with E-state index in [2.05, 4.69) is 24.1 Å². The number of nitrogens with one attached hydrogen (secondary N) is 1. The molecular weight excluding hydrogens is 226 g/mol. The molecule has 0 aromatic rings. The van der Waals surface area contributed by atoms with Crippen molar-refractivity contribution in [1.82, 2.24) is 10.2 Å². The van der Waals surface area contributed by atoms with Crippen LogP contribution in [0.15, 0.2) is 0 Å². The van der Waals surface area contributed by atoms with Gasteiger partial charge in [-0.25, -0.2) is 0 Å². The van der Waals surface area contributed by atoms with E-state index >= 15 is 0 Å². The molecule has 4 nitrogen and oxygen atoms in total. The molecule has 2 aliphatic rings. The summed E-state index contributed by atoms with van der Waals surface area (Å²) in [6.45, 7) is 6.58. The standard InChI is InChI=1S/C14H27N3O/c1-10(2)8-13(15)14(18)16-11-5-7-17-6-3-4-12(17)9-11/h10-13H,3-9,15H2,1-2H3,(H,16,18). The van der Waals surface area contributed by atoms with Crippen LogP contribution in [0.5, 0.6) is 0 Å². The normalized spacial score (nSPS) is 30.2. The Hall–Kier alpha value is -0.610. The number of hydrogen-bond donors (Lipinski definition) is 2. The van der Waals surface area contributed by atoms with Crippen molar-refractivity contribution in [2.45, 2.75) is 64.1 Å². The molecular formula is C14H27N3O. The van der Waals surface area contributed by atoms with Gasteiger partial charge in [-0.2, -0.15) is 0 Å². The molecule has 18 heavy (non-hydrogen) atoms. The zero-order valence-electron chi connectivity index (χ0n) is 11.7. The predicted molar refractivity (Wildman–Crippen MR) is 73.2 cm³/mol. The Balaban J connectivity index is 1.77. The number of carbonyl (C=O) groups excluding carboxylic acids is 1. The molecule has 4 heteroatoms. The molecule has 1 amide bonds. The van der Waals surface area contributed by atoms with Gasteiger partial charge in [0.05, 0.1) is 6.04 Å².